The highest BCUT2D eigenvalue weighted by molar-refractivity contribution is 7.09. The van der Waals surface area contributed by atoms with Crippen molar-refractivity contribution in [3.63, 3.8) is 0 Å². The molecule has 1 aromatic heterocycles. The van der Waals surface area contributed by atoms with Crippen molar-refractivity contribution in [3.8, 4) is 0 Å². The molecule has 0 aliphatic rings. The summed E-state index contributed by atoms with van der Waals surface area (Å²) in [7, 11) is 1.73. The van der Waals surface area contributed by atoms with E-state index in [4.69, 9.17) is 4.74 Å². The second-order valence-corrected chi connectivity index (χ2v) is 5.10. The number of rotatable bonds is 6. The van der Waals surface area contributed by atoms with E-state index in [2.05, 4.69) is 29.4 Å². The first-order chi connectivity index (χ1) is 8.81. The molecular formula is C14H18N2OS. The van der Waals surface area contributed by atoms with Gasteiger partial charge in [-0.2, -0.15) is 0 Å². The van der Waals surface area contributed by atoms with Crippen molar-refractivity contribution in [2.75, 3.05) is 13.7 Å². The second kappa shape index (κ2) is 6.64. The van der Waals surface area contributed by atoms with Crippen molar-refractivity contribution in [2.45, 2.75) is 19.0 Å². The minimum atomic E-state index is 0.190. The molecule has 1 aromatic carbocycles. The third-order valence-electron chi connectivity index (χ3n) is 2.81. The van der Waals surface area contributed by atoms with Crippen LogP contribution in [-0.2, 0) is 4.74 Å². The molecule has 18 heavy (non-hydrogen) atoms. The summed E-state index contributed by atoms with van der Waals surface area (Å²) in [5, 5.41) is 6.66. The van der Waals surface area contributed by atoms with E-state index in [1.165, 1.54) is 5.56 Å². The maximum Gasteiger partial charge on any atom is 0.109 e. The van der Waals surface area contributed by atoms with E-state index in [9.17, 15) is 0 Å². The average Bonchev–Trinajstić information content (AvgIpc) is 2.93. The number of methoxy groups -OCH3 is 1. The fourth-order valence-corrected chi connectivity index (χ4v) is 2.57. The lowest BCUT2D eigenvalue weighted by Crippen LogP contribution is -2.27. The zero-order valence-corrected chi connectivity index (χ0v) is 11.5. The van der Waals surface area contributed by atoms with Crippen LogP contribution in [0.2, 0.25) is 0 Å². The van der Waals surface area contributed by atoms with Crippen molar-refractivity contribution in [3.05, 3.63) is 52.5 Å². The Balaban J connectivity index is 2.07. The van der Waals surface area contributed by atoms with Gasteiger partial charge in [0.05, 0.1) is 18.7 Å². The predicted molar refractivity (Wildman–Crippen MR) is 74.7 cm³/mol. The van der Waals surface area contributed by atoms with Gasteiger partial charge in [0.15, 0.2) is 0 Å². The number of nitrogens with zero attached hydrogens (tertiary/aromatic N) is 1. The molecule has 1 N–H and O–H groups in total. The first-order valence-corrected chi connectivity index (χ1v) is 6.88. The minimum Gasteiger partial charge on any atom is -0.383 e. The number of ether oxygens (including phenoxy) is 1. The molecule has 0 aliphatic heterocycles. The topological polar surface area (TPSA) is 34.1 Å². The second-order valence-electron chi connectivity index (χ2n) is 4.18. The van der Waals surface area contributed by atoms with Gasteiger partial charge in [-0.3, -0.25) is 5.32 Å². The van der Waals surface area contributed by atoms with Gasteiger partial charge in [-0.25, -0.2) is 4.98 Å². The highest BCUT2D eigenvalue weighted by atomic mass is 32.1. The van der Waals surface area contributed by atoms with Crippen LogP contribution >= 0.6 is 11.3 Å². The maximum absolute atomic E-state index is 5.30. The first kappa shape index (κ1) is 13.2. The van der Waals surface area contributed by atoms with Gasteiger partial charge in [-0.05, 0) is 12.5 Å². The van der Waals surface area contributed by atoms with Crippen molar-refractivity contribution >= 4 is 11.3 Å². The van der Waals surface area contributed by atoms with Crippen molar-refractivity contribution in [1.82, 2.24) is 10.3 Å². The summed E-state index contributed by atoms with van der Waals surface area (Å²) >= 11 is 1.67. The molecule has 2 unspecified atom stereocenters. The molecule has 0 amide bonds. The lowest BCUT2D eigenvalue weighted by Gasteiger charge is -2.22. The van der Waals surface area contributed by atoms with Gasteiger partial charge in [0.1, 0.15) is 5.01 Å². The Hall–Kier alpha value is -1.23. The molecule has 2 rings (SSSR count). The van der Waals surface area contributed by atoms with Gasteiger partial charge >= 0.3 is 0 Å². The number of hydrogen-bond donors (Lipinski definition) is 1. The van der Waals surface area contributed by atoms with E-state index in [0.717, 1.165) is 5.01 Å². The van der Waals surface area contributed by atoms with Gasteiger partial charge in [-0.15, -0.1) is 11.3 Å². The normalized spacial score (nSPS) is 14.3. The first-order valence-electron chi connectivity index (χ1n) is 6.00. The molecule has 0 aliphatic carbocycles. The van der Waals surface area contributed by atoms with Crippen LogP contribution in [0, 0.1) is 0 Å². The van der Waals surface area contributed by atoms with Gasteiger partial charge in [0, 0.05) is 18.7 Å². The maximum atomic E-state index is 5.30. The monoisotopic (exact) mass is 262 g/mol. The Morgan fingerprint density at radius 1 is 1.33 bits per heavy atom. The third-order valence-corrected chi connectivity index (χ3v) is 3.77. The van der Waals surface area contributed by atoms with E-state index in [-0.39, 0.29) is 12.1 Å². The fraction of sp³-hybridized carbons (Fsp3) is 0.357. The lowest BCUT2D eigenvalue weighted by atomic mass is 10.1. The molecule has 0 bridgehead atoms. The molecule has 2 aromatic rings. The average molecular weight is 262 g/mol. The number of thiazole rings is 1. The molecule has 1 heterocycles. The molecule has 0 saturated heterocycles. The number of nitrogens with one attached hydrogen (secondary N) is 1. The quantitative estimate of drug-likeness (QED) is 0.868. The van der Waals surface area contributed by atoms with Crippen LogP contribution in [0.3, 0.4) is 0 Å². The Kier molecular flexibility index (Phi) is 4.87. The van der Waals surface area contributed by atoms with Crippen LogP contribution in [-0.4, -0.2) is 18.7 Å². The summed E-state index contributed by atoms with van der Waals surface area (Å²) in [6, 6.07) is 10.8. The Morgan fingerprint density at radius 3 is 2.72 bits per heavy atom. The molecule has 2 atom stereocenters. The van der Waals surface area contributed by atoms with E-state index < -0.39 is 0 Å². The lowest BCUT2D eigenvalue weighted by molar-refractivity contribution is 0.162. The molecule has 0 saturated carbocycles. The van der Waals surface area contributed by atoms with E-state index in [0.29, 0.717) is 6.61 Å². The fourth-order valence-electron chi connectivity index (χ4n) is 1.91. The van der Waals surface area contributed by atoms with Gasteiger partial charge in [-0.1, -0.05) is 30.3 Å². The summed E-state index contributed by atoms with van der Waals surface area (Å²) in [5.41, 5.74) is 1.24. The number of benzene rings is 1. The summed E-state index contributed by atoms with van der Waals surface area (Å²) in [6.45, 7) is 2.78. The van der Waals surface area contributed by atoms with Crippen LogP contribution in [0.15, 0.2) is 41.9 Å². The minimum absolute atomic E-state index is 0.190. The molecule has 3 nitrogen and oxygen atoms in total. The van der Waals surface area contributed by atoms with Crippen LogP contribution in [0.4, 0.5) is 0 Å². The Morgan fingerprint density at radius 2 is 2.11 bits per heavy atom. The molecule has 0 fully saturated rings. The van der Waals surface area contributed by atoms with Gasteiger partial charge < -0.3 is 4.74 Å². The number of hydrogen-bond acceptors (Lipinski definition) is 4. The van der Waals surface area contributed by atoms with Crippen LogP contribution in [0.25, 0.3) is 0 Å². The van der Waals surface area contributed by atoms with Crippen molar-refractivity contribution in [2.24, 2.45) is 0 Å². The van der Waals surface area contributed by atoms with E-state index in [1.54, 1.807) is 18.4 Å². The SMILES string of the molecule is COCC(NC(C)c1nccs1)c1ccccc1. The standard InChI is InChI=1S/C14H18N2OS/c1-11(14-15-8-9-18-14)16-13(10-17-2)12-6-4-3-5-7-12/h3-9,11,13,16H,10H2,1-2H3. The zero-order valence-electron chi connectivity index (χ0n) is 10.7. The zero-order chi connectivity index (χ0) is 12.8. The molecule has 96 valence electrons. The smallest absolute Gasteiger partial charge is 0.109 e. The summed E-state index contributed by atoms with van der Waals surface area (Å²) in [4.78, 5) is 4.34. The van der Waals surface area contributed by atoms with E-state index >= 15 is 0 Å². The van der Waals surface area contributed by atoms with Crippen molar-refractivity contribution in [1.29, 1.82) is 0 Å². The highest BCUT2D eigenvalue weighted by Crippen LogP contribution is 2.21. The van der Waals surface area contributed by atoms with Crippen LogP contribution in [0.5, 0.6) is 0 Å². The molecule has 4 heteroatoms. The summed E-state index contributed by atoms with van der Waals surface area (Å²) < 4.78 is 5.30. The summed E-state index contributed by atoms with van der Waals surface area (Å²) in [6.07, 6.45) is 1.84. The van der Waals surface area contributed by atoms with Crippen LogP contribution in [0.1, 0.15) is 29.6 Å². The molecular weight excluding hydrogens is 244 g/mol. The van der Waals surface area contributed by atoms with E-state index in [1.807, 2.05) is 29.8 Å². The van der Waals surface area contributed by atoms with Crippen molar-refractivity contribution < 1.29 is 4.74 Å². The largest absolute Gasteiger partial charge is 0.383 e. The summed E-state index contributed by atoms with van der Waals surface area (Å²) in [5.74, 6) is 0. The van der Waals surface area contributed by atoms with Crippen LogP contribution < -0.4 is 5.32 Å². The Bertz CT molecular complexity index is 444. The number of aromatic nitrogens is 1. The third kappa shape index (κ3) is 3.38. The predicted octanol–water partition coefficient (Wildman–Crippen LogP) is 3.18. The highest BCUT2D eigenvalue weighted by Gasteiger charge is 2.16. The molecule has 0 radical (unpaired) electrons. The van der Waals surface area contributed by atoms with Gasteiger partial charge in [0.2, 0.25) is 0 Å². The van der Waals surface area contributed by atoms with Gasteiger partial charge in [0.25, 0.3) is 0 Å². The Labute approximate surface area is 112 Å². The molecule has 0 spiro atoms.